The van der Waals surface area contributed by atoms with Crippen LogP contribution in [0.3, 0.4) is 0 Å². The van der Waals surface area contributed by atoms with Crippen LogP contribution in [0.2, 0.25) is 0 Å². The maximum absolute atomic E-state index is 12.6. The first-order valence-electron chi connectivity index (χ1n) is 10.1. The van der Waals surface area contributed by atoms with Crippen LogP contribution in [0.5, 0.6) is 5.75 Å². The molecule has 2 N–H and O–H groups in total. The second-order valence-electron chi connectivity index (χ2n) is 7.04. The van der Waals surface area contributed by atoms with E-state index in [4.69, 9.17) is 4.74 Å². The van der Waals surface area contributed by atoms with E-state index >= 15 is 0 Å². The summed E-state index contributed by atoms with van der Waals surface area (Å²) in [4.78, 5) is 35.5. The number of anilines is 1. The number of rotatable bonds is 9. The molecule has 1 atom stereocenters. The van der Waals surface area contributed by atoms with Crippen molar-refractivity contribution >= 4 is 23.2 Å². The Hall–Kier alpha value is -4.20. The zero-order chi connectivity index (χ0) is 22.9. The van der Waals surface area contributed by atoms with Gasteiger partial charge in [0.25, 0.3) is 17.5 Å². The zero-order valence-electron chi connectivity index (χ0n) is 17.5. The molecule has 0 heterocycles. The molecular formula is C24H23N3O5. The number of amides is 2. The number of ether oxygens (including phenoxy) is 1. The summed E-state index contributed by atoms with van der Waals surface area (Å²) in [5.41, 5.74) is 1.76. The molecular weight excluding hydrogens is 410 g/mol. The van der Waals surface area contributed by atoms with Crippen molar-refractivity contribution in [3.05, 3.63) is 100 Å². The Morgan fingerprint density at radius 2 is 1.62 bits per heavy atom. The van der Waals surface area contributed by atoms with Gasteiger partial charge in [0.05, 0.1) is 16.2 Å². The van der Waals surface area contributed by atoms with Crippen LogP contribution in [-0.2, 0) is 11.2 Å². The van der Waals surface area contributed by atoms with Gasteiger partial charge in [-0.05, 0) is 43.2 Å². The number of hydrogen-bond acceptors (Lipinski definition) is 5. The van der Waals surface area contributed by atoms with Gasteiger partial charge in [0.2, 0.25) is 0 Å². The van der Waals surface area contributed by atoms with E-state index in [2.05, 4.69) is 10.6 Å². The molecule has 0 saturated heterocycles. The number of carbonyl (C=O) groups is 2. The lowest BCUT2D eigenvalue weighted by atomic mass is 10.1. The average Bonchev–Trinajstić information content (AvgIpc) is 2.80. The van der Waals surface area contributed by atoms with Crippen LogP contribution in [0.1, 0.15) is 22.8 Å². The van der Waals surface area contributed by atoms with E-state index in [0.717, 1.165) is 5.56 Å². The van der Waals surface area contributed by atoms with Gasteiger partial charge in [-0.25, -0.2) is 0 Å². The van der Waals surface area contributed by atoms with Crippen LogP contribution in [0.25, 0.3) is 0 Å². The van der Waals surface area contributed by atoms with Crippen LogP contribution in [0.4, 0.5) is 11.4 Å². The summed E-state index contributed by atoms with van der Waals surface area (Å²) in [6.07, 6.45) is -0.188. The molecule has 32 heavy (non-hydrogen) atoms. The SMILES string of the molecule is C[C@@H](Oc1ccc([N+](=O)[O-])cc1)C(=O)Nc1ccccc1C(=O)NCCc1ccccc1. The minimum Gasteiger partial charge on any atom is -0.481 e. The number of nitrogens with zero attached hydrogens (tertiary/aromatic N) is 1. The minimum absolute atomic E-state index is 0.0679. The molecule has 0 spiro atoms. The Morgan fingerprint density at radius 3 is 2.31 bits per heavy atom. The molecule has 3 aromatic carbocycles. The van der Waals surface area contributed by atoms with Crippen molar-refractivity contribution in [1.29, 1.82) is 0 Å². The lowest BCUT2D eigenvalue weighted by Gasteiger charge is -2.16. The summed E-state index contributed by atoms with van der Waals surface area (Å²) in [6, 6.07) is 22.0. The van der Waals surface area contributed by atoms with Gasteiger partial charge in [0.15, 0.2) is 6.10 Å². The molecule has 164 valence electrons. The van der Waals surface area contributed by atoms with Crippen molar-refractivity contribution in [2.24, 2.45) is 0 Å². The molecule has 3 aromatic rings. The summed E-state index contributed by atoms with van der Waals surface area (Å²) in [5.74, 6) is -0.418. The lowest BCUT2D eigenvalue weighted by Crippen LogP contribution is -2.32. The molecule has 8 nitrogen and oxygen atoms in total. The van der Waals surface area contributed by atoms with Crippen molar-refractivity contribution in [2.45, 2.75) is 19.4 Å². The fourth-order valence-electron chi connectivity index (χ4n) is 2.99. The Kier molecular flexibility index (Phi) is 7.53. The van der Waals surface area contributed by atoms with E-state index in [1.165, 1.54) is 24.3 Å². The van der Waals surface area contributed by atoms with Gasteiger partial charge in [-0.2, -0.15) is 0 Å². The van der Waals surface area contributed by atoms with Crippen LogP contribution >= 0.6 is 0 Å². The second kappa shape index (κ2) is 10.7. The van der Waals surface area contributed by atoms with E-state index < -0.39 is 16.9 Å². The smallest absolute Gasteiger partial charge is 0.269 e. The molecule has 0 aromatic heterocycles. The first kappa shape index (κ1) is 22.5. The van der Waals surface area contributed by atoms with Crippen molar-refractivity contribution in [1.82, 2.24) is 5.32 Å². The highest BCUT2D eigenvalue weighted by atomic mass is 16.6. The van der Waals surface area contributed by atoms with E-state index in [-0.39, 0.29) is 11.6 Å². The summed E-state index contributed by atoms with van der Waals surface area (Å²) in [7, 11) is 0. The molecule has 0 fully saturated rings. The largest absolute Gasteiger partial charge is 0.481 e. The fraction of sp³-hybridized carbons (Fsp3) is 0.167. The van der Waals surface area contributed by atoms with Gasteiger partial charge < -0.3 is 15.4 Å². The van der Waals surface area contributed by atoms with Gasteiger partial charge in [-0.15, -0.1) is 0 Å². The normalized spacial score (nSPS) is 11.3. The Morgan fingerprint density at radius 1 is 0.969 bits per heavy atom. The highest BCUT2D eigenvalue weighted by Gasteiger charge is 2.19. The number of para-hydroxylation sites is 1. The number of nitro groups is 1. The number of carbonyl (C=O) groups excluding carboxylic acids is 2. The van der Waals surface area contributed by atoms with Crippen molar-refractivity contribution in [3.63, 3.8) is 0 Å². The molecule has 2 amide bonds. The van der Waals surface area contributed by atoms with Gasteiger partial charge in [0.1, 0.15) is 5.75 Å². The minimum atomic E-state index is -0.884. The predicted octanol–water partition coefficient (Wildman–Crippen LogP) is 3.97. The number of benzene rings is 3. The Labute approximate surface area is 185 Å². The molecule has 0 bridgehead atoms. The van der Waals surface area contributed by atoms with E-state index in [1.54, 1.807) is 31.2 Å². The number of non-ortho nitro benzene ring substituents is 1. The first-order valence-corrected chi connectivity index (χ1v) is 10.1. The third kappa shape index (κ3) is 6.15. The van der Waals surface area contributed by atoms with E-state index in [1.807, 2.05) is 30.3 Å². The van der Waals surface area contributed by atoms with Crippen molar-refractivity contribution in [3.8, 4) is 5.75 Å². The quantitative estimate of drug-likeness (QED) is 0.392. The fourth-order valence-corrected chi connectivity index (χ4v) is 2.99. The molecule has 0 unspecified atom stereocenters. The van der Waals surface area contributed by atoms with Gasteiger partial charge in [0, 0.05) is 18.7 Å². The standard InChI is InChI=1S/C24H23N3O5/c1-17(32-20-13-11-19(12-14-20)27(30)31)23(28)26-22-10-6-5-9-21(22)24(29)25-16-15-18-7-3-2-4-8-18/h2-14,17H,15-16H2,1H3,(H,25,29)(H,26,28)/t17-/m1/s1. The maximum Gasteiger partial charge on any atom is 0.269 e. The predicted molar refractivity (Wildman–Crippen MR) is 121 cm³/mol. The Balaban J connectivity index is 1.58. The lowest BCUT2D eigenvalue weighted by molar-refractivity contribution is -0.384. The van der Waals surface area contributed by atoms with Crippen LogP contribution in [0, 0.1) is 10.1 Å². The van der Waals surface area contributed by atoms with Gasteiger partial charge >= 0.3 is 0 Å². The molecule has 0 saturated carbocycles. The van der Waals surface area contributed by atoms with E-state index in [9.17, 15) is 19.7 Å². The summed E-state index contributed by atoms with van der Waals surface area (Å²) >= 11 is 0. The number of hydrogen-bond donors (Lipinski definition) is 2. The van der Waals surface area contributed by atoms with Crippen LogP contribution in [0.15, 0.2) is 78.9 Å². The Bertz CT molecular complexity index is 1080. The maximum atomic E-state index is 12.6. The molecule has 0 aliphatic rings. The van der Waals surface area contributed by atoms with Gasteiger partial charge in [-0.3, -0.25) is 19.7 Å². The highest BCUT2D eigenvalue weighted by molar-refractivity contribution is 6.04. The molecule has 0 aliphatic heterocycles. The summed E-state index contributed by atoms with van der Waals surface area (Å²) in [5, 5.41) is 16.3. The third-order valence-electron chi connectivity index (χ3n) is 4.70. The number of nitro benzene ring substituents is 1. The number of nitrogens with one attached hydrogen (secondary N) is 2. The van der Waals surface area contributed by atoms with Crippen molar-refractivity contribution < 1.29 is 19.2 Å². The molecule has 8 heteroatoms. The van der Waals surface area contributed by atoms with Crippen LogP contribution in [-0.4, -0.2) is 29.4 Å². The zero-order valence-corrected chi connectivity index (χ0v) is 17.5. The monoisotopic (exact) mass is 433 g/mol. The van der Waals surface area contributed by atoms with E-state index in [0.29, 0.717) is 30.0 Å². The van der Waals surface area contributed by atoms with Crippen molar-refractivity contribution in [2.75, 3.05) is 11.9 Å². The molecule has 0 radical (unpaired) electrons. The molecule has 3 rings (SSSR count). The second-order valence-corrected chi connectivity index (χ2v) is 7.04. The highest BCUT2D eigenvalue weighted by Crippen LogP contribution is 2.20. The third-order valence-corrected chi connectivity index (χ3v) is 4.70. The van der Waals surface area contributed by atoms with Gasteiger partial charge in [-0.1, -0.05) is 42.5 Å². The first-order chi connectivity index (χ1) is 15.4. The topological polar surface area (TPSA) is 111 Å². The molecule has 0 aliphatic carbocycles. The summed E-state index contributed by atoms with van der Waals surface area (Å²) in [6.45, 7) is 2.02. The van der Waals surface area contributed by atoms with Crippen LogP contribution < -0.4 is 15.4 Å². The average molecular weight is 433 g/mol. The summed E-state index contributed by atoms with van der Waals surface area (Å²) < 4.78 is 5.56.